The van der Waals surface area contributed by atoms with E-state index in [0.717, 1.165) is 37.5 Å². The molecule has 39 heavy (non-hydrogen) atoms. The predicted molar refractivity (Wildman–Crippen MR) is 150 cm³/mol. The molecule has 3 aromatic rings. The highest BCUT2D eigenvalue weighted by atomic mass is 32.1. The van der Waals surface area contributed by atoms with Crippen molar-refractivity contribution in [1.82, 2.24) is 20.4 Å². The number of benzene rings is 2. The first-order valence-corrected chi connectivity index (χ1v) is 13.7. The smallest absolute Gasteiger partial charge is 0.334 e. The second kappa shape index (κ2) is 11.4. The largest absolute Gasteiger partial charge is 0.478 e. The van der Waals surface area contributed by atoms with E-state index < -0.39 is 17.9 Å². The highest BCUT2D eigenvalue weighted by molar-refractivity contribution is 7.15. The molecule has 1 aromatic heterocycles. The fourth-order valence-electron chi connectivity index (χ4n) is 5.52. The van der Waals surface area contributed by atoms with Gasteiger partial charge in [0.1, 0.15) is 5.01 Å². The second-order valence-electron chi connectivity index (χ2n) is 9.96. The fourth-order valence-corrected chi connectivity index (χ4v) is 6.33. The van der Waals surface area contributed by atoms with Gasteiger partial charge in [-0.2, -0.15) is 0 Å². The van der Waals surface area contributed by atoms with Gasteiger partial charge in [0.15, 0.2) is 0 Å². The molecule has 1 saturated heterocycles. The molecule has 0 spiro atoms. The maximum absolute atomic E-state index is 12.1. The molecule has 4 N–H and O–H groups in total. The van der Waals surface area contributed by atoms with Crippen LogP contribution in [-0.4, -0.2) is 50.3 Å². The Bertz CT molecular complexity index is 1400. The number of aliphatic carboxylic acids is 2. The Morgan fingerprint density at radius 2 is 1.59 bits per heavy atom. The van der Waals surface area contributed by atoms with Crippen LogP contribution in [0.3, 0.4) is 0 Å². The molecular weight excluding hydrogens is 514 g/mol. The summed E-state index contributed by atoms with van der Waals surface area (Å²) in [5.74, 6) is -2.62. The van der Waals surface area contributed by atoms with E-state index in [2.05, 4.69) is 56.1 Å². The monoisotopic (exact) mass is 545 g/mol. The van der Waals surface area contributed by atoms with Crippen LogP contribution in [0, 0.1) is 0 Å². The first-order valence-electron chi connectivity index (χ1n) is 12.9. The van der Waals surface area contributed by atoms with Crippen molar-refractivity contribution in [3.8, 4) is 0 Å². The highest BCUT2D eigenvalue weighted by Crippen LogP contribution is 2.39. The molecule has 0 unspecified atom stereocenters. The summed E-state index contributed by atoms with van der Waals surface area (Å²) < 4.78 is 0. The predicted octanol–water partition coefficient (Wildman–Crippen LogP) is 5.07. The first kappa shape index (κ1) is 26.6. The number of aromatic nitrogens is 2. The molecule has 9 nitrogen and oxygen atoms in total. The summed E-state index contributed by atoms with van der Waals surface area (Å²) in [6.45, 7) is 6.06. The third-order valence-corrected chi connectivity index (χ3v) is 8.20. The topological polar surface area (TPSA) is 128 Å². The number of allylic oxidation sites excluding steroid dienone is 2. The van der Waals surface area contributed by atoms with E-state index in [1.165, 1.54) is 16.9 Å². The van der Waals surface area contributed by atoms with E-state index in [4.69, 9.17) is 0 Å². The number of nitrogens with one attached hydrogen (secondary N) is 2. The minimum absolute atomic E-state index is 0.0180. The van der Waals surface area contributed by atoms with Crippen molar-refractivity contribution in [2.45, 2.75) is 45.1 Å². The lowest BCUT2D eigenvalue weighted by molar-refractivity contribution is -0.133. The molecule has 0 aliphatic carbocycles. The van der Waals surface area contributed by atoms with Gasteiger partial charge in [0.25, 0.3) is 0 Å². The van der Waals surface area contributed by atoms with E-state index in [-0.39, 0.29) is 11.1 Å². The van der Waals surface area contributed by atoms with Gasteiger partial charge in [0, 0.05) is 17.1 Å². The molecular formula is C29H31N5O4S. The number of hydrogen-bond donors (Lipinski definition) is 4. The number of carbonyl (C=O) groups is 2. The molecule has 10 heteroatoms. The van der Waals surface area contributed by atoms with E-state index in [0.29, 0.717) is 33.7 Å². The third-order valence-electron chi connectivity index (χ3n) is 7.38. The number of anilines is 2. The van der Waals surface area contributed by atoms with Crippen molar-refractivity contribution in [1.29, 1.82) is 0 Å². The number of carboxylic acids is 2. The van der Waals surface area contributed by atoms with Gasteiger partial charge in [-0.3, -0.25) is 4.90 Å². The Morgan fingerprint density at radius 3 is 2.23 bits per heavy atom. The molecule has 0 bridgehead atoms. The van der Waals surface area contributed by atoms with Crippen LogP contribution in [0.2, 0.25) is 0 Å². The molecule has 1 fully saturated rings. The fraction of sp³-hybridized carbons (Fsp3) is 0.310. The Kier molecular flexibility index (Phi) is 7.76. The number of likely N-dealkylation sites (tertiary alicyclic amines) is 1. The SMILES string of the molecule is CC1=C(C(=O)O)C(c2cccc(Nc3nnc(CN4CCC(c5ccccc5)CC4)s3)c2)C(C(=O)O)=C(C)N1. The number of rotatable bonds is 8. The van der Waals surface area contributed by atoms with Crippen molar-refractivity contribution >= 4 is 34.1 Å². The Hall–Kier alpha value is -4.02. The van der Waals surface area contributed by atoms with Gasteiger partial charge < -0.3 is 20.8 Å². The normalized spacial score (nSPS) is 17.3. The number of hydrogen-bond acceptors (Lipinski definition) is 8. The summed E-state index contributed by atoms with van der Waals surface area (Å²) >= 11 is 1.48. The zero-order valence-corrected chi connectivity index (χ0v) is 22.7. The van der Waals surface area contributed by atoms with Crippen molar-refractivity contribution < 1.29 is 19.8 Å². The van der Waals surface area contributed by atoms with Gasteiger partial charge in [0.05, 0.1) is 23.6 Å². The lowest BCUT2D eigenvalue weighted by Crippen LogP contribution is -2.32. The highest BCUT2D eigenvalue weighted by Gasteiger charge is 2.36. The van der Waals surface area contributed by atoms with Crippen LogP contribution in [0.4, 0.5) is 10.8 Å². The lowest BCUT2D eigenvalue weighted by Gasteiger charge is -2.31. The van der Waals surface area contributed by atoms with Gasteiger partial charge in [-0.05, 0) is 69.0 Å². The van der Waals surface area contributed by atoms with Crippen molar-refractivity contribution in [3.05, 3.63) is 93.3 Å². The number of carboxylic acid groups (broad SMARTS) is 2. The number of nitrogens with zero attached hydrogens (tertiary/aromatic N) is 3. The third kappa shape index (κ3) is 5.86. The molecule has 202 valence electrons. The Balaban J connectivity index is 1.27. The molecule has 2 aliphatic heterocycles. The number of dihydropyridines is 1. The van der Waals surface area contributed by atoms with Crippen LogP contribution in [0.25, 0.3) is 0 Å². The van der Waals surface area contributed by atoms with Crippen LogP contribution in [0.15, 0.2) is 77.1 Å². The summed E-state index contributed by atoms with van der Waals surface area (Å²) in [7, 11) is 0. The Morgan fingerprint density at radius 1 is 0.949 bits per heavy atom. The summed E-state index contributed by atoms with van der Waals surface area (Å²) in [5, 5.41) is 36.2. The van der Waals surface area contributed by atoms with Crippen molar-refractivity contribution in [2.75, 3.05) is 18.4 Å². The van der Waals surface area contributed by atoms with Crippen LogP contribution < -0.4 is 10.6 Å². The average molecular weight is 546 g/mol. The molecule has 0 amide bonds. The van der Waals surface area contributed by atoms with Crippen LogP contribution >= 0.6 is 11.3 Å². The molecule has 2 aliphatic rings. The maximum Gasteiger partial charge on any atom is 0.334 e. The minimum atomic E-state index is -1.16. The number of piperidine rings is 1. The summed E-state index contributed by atoms with van der Waals surface area (Å²) in [6, 6.07) is 17.8. The standard InChI is InChI=1S/C29H31N5O4S/c1-17-24(27(35)36)26(25(28(37)38)18(2)30-17)21-9-6-10-22(15-21)31-29-33-32-23(39-29)16-34-13-11-20(12-14-34)19-7-4-3-5-8-19/h3-10,15,20,26,30H,11-14,16H2,1-2H3,(H,31,33)(H,35,36)(H,37,38). The lowest BCUT2D eigenvalue weighted by atomic mass is 9.80. The second-order valence-corrected chi connectivity index (χ2v) is 11.0. The van der Waals surface area contributed by atoms with Gasteiger partial charge in [-0.25, -0.2) is 9.59 Å². The van der Waals surface area contributed by atoms with E-state index in [1.54, 1.807) is 32.0 Å². The zero-order valence-electron chi connectivity index (χ0n) is 21.8. The van der Waals surface area contributed by atoms with Crippen LogP contribution in [0.1, 0.15) is 54.7 Å². The Labute approximate surface area is 230 Å². The average Bonchev–Trinajstić information content (AvgIpc) is 3.35. The quantitative estimate of drug-likeness (QED) is 0.307. The zero-order chi connectivity index (χ0) is 27.5. The molecule has 5 rings (SSSR count). The maximum atomic E-state index is 12.1. The van der Waals surface area contributed by atoms with Crippen molar-refractivity contribution in [2.24, 2.45) is 0 Å². The van der Waals surface area contributed by atoms with Crippen LogP contribution in [-0.2, 0) is 16.1 Å². The molecule has 0 atom stereocenters. The summed E-state index contributed by atoms with van der Waals surface area (Å²) in [6.07, 6.45) is 2.24. The van der Waals surface area contributed by atoms with Crippen molar-refractivity contribution in [3.63, 3.8) is 0 Å². The summed E-state index contributed by atoms with van der Waals surface area (Å²) in [4.78, 5) is 26.6. The van der Waals surface area contributed by atoms with Gasteiger partial charge in [-0.15, -0.1) is 10.2 Å². The molecule has 3 heterocycles. The van der Waals surface area contributed by atoms with E-state index in [1.807, 2.05) is 6.07 Å². The summed E-state index contributed by atoms with van der Waals surface area (Å²) in [5.41, 5.74) is 3.55. The minimum Gasteiger partial charge on any atom is -0.478 e. The van der Waals surface area contributed by atoms with E-state index in [9.17, 15) is 19.8 Å². The van der Waals surface area contributed by atoms with Gasteiger partial charge in [-0.1, -0.05) is 53.8 Å². The molecule has 2 aromatic carbocycles. The van der Waals surface area contributed by atoms with E-state index >= 15 is 0 Å². The van der Waals surface area contributed by atoms with Crippen LogP contribution in [0.5, 0.6) is 0 Å². The molecule has 0 saturated carbocycles. The molecule has 0 radical (unpaired) electrons. The first-order chi connectivity index (χ1) is 18.8. The van der Waals surface area contributed by atoms with Gasteiger partial charge >= 0.3 is 11.9 Å². The van der Waals surface area contributed by atoms with Gasteiger partial charge in [0.2, 0.25) is 5.13 Å².